The summed E-state index contributed by atoms with van der Waals surface area (Å²) in [6, 6.07) is 3.89. The number of aliphatic carboxylic acids is 1. The number of rotatable bonds is 5. The molecule has 1 saturated heterocycles. The van der Waals surface area contributed by atoms with Gasteiger partial charge >= 0.3 is 5.97 Å². The SMILES string of the molecule is NC(=O)c1ccc(NCC2CCC(C(=O)O)O2)c(F)c1. The van der Waals surface area contributed by atoms with Gasteiger partial charge < -0.3 is 20.9 Å². The van der Waals surface area contributed by atoms with Crippen molar-refractivity contribution in [2.45, 2.75) is 25.0 Å². The van der Waals surface area contributed by atoms with E-state index < -0.39 is 23.8 Å². The molecular weight excluding hydrogens is 267 g/mol. The van der Waals surface area contributed by atoms with Gasteiger partial charge in [0.2, 0.25) is 5.91 Å². The highest BCUT2D eigenvalue weighted by Crippen LogP contribution is 2.21. The predicted octanol–water partition coefficient (Wildman–Crippen LogP) is 0.969. The molecule has 1 aromatic carbocycles. The van der Waals surface area contributed by atoms with Gasteiger partial charge in [-0.05, 0) is 31.0 Å². The highest BCUT2D eigenvalue weighted by Gasteiger charge is 2.30. The van der Waals surface area contributed by atoms with Gasteiger partial charge in [-0.3, -0.25) is 4.79 Å². The van der Waals surface area contributed by atoms with Crippen LogP contribution >= 0.6 is 0 Å². The third-order valence-electron chi connectivity index (χ3n) is 3.16. The molecule has 1 amide bonds. The van der Waals surface area contributed by atoms with E-state index in [9.17, 15) is 14.0 Å². The van der Waals surface area contributed by atoms with Gasteiger partial charge in [0.05, 0.1) is 11.8 Å². The number of carboxylic acids is 1. The van der Waals surface area contributed by atoms with E-state index >= 15 is 0 Å². The minimum Gasteiger partial charge on any atom is -0.479 e. The van der Waals surface area contributed by atoms with Gasteiger partial charge in [-0.25, -0.2) is 9.18 Å². The number of hydrogen-bond acceptors (Lipinski definition) is 4. The number of nitrogens with two attached hydrogens (primary N) is 1. The van der Waals surface area contributed by atoms with E-state index in [1.165, 1.54) is 12.1 Å². The number of nitrogens with one attached hydrogen (secondary N) is 1. The summed E-state index contributed by atoms with van der Waals surface area (Å²) < 4.78 is 19.0. The maximum absolute atomic E-state index is 13.7. The summed E-state index contributed by atoms with van der Waals surface area (Å²) in [4.78, 5) is 21.6. The summed E-state index contributed by atoms with van der Waals surface area (Å²) in [6.45, 7) is 0.302. The van der Waals surface area contributed by atoms with Crippen LogP contribution in [0.15, 0.2) is 18.2 Å². The quantitative estimate of drug-likeness (QED) is 0.747. The molecule has 2 rings (SSSR count). The second-order valence-electron chi connectivity index (χ2n) is 4.60. The first-order chi connectivity index (χ1) is 9.47. The summed E-state index contributed by atoms with van der Waals surface area (Å²) in [5, 5.41) is 11.6. The number of ether oxygens (including phenoxy) is 1. The maximum Gasteiger partial charge on any atom is 0.332 e. The minimum absolute atomic E-state index is 0.0936. The van der Waals surface area contributed by atoms with Crippen molar-refractivity contribution in [3.05, 3.63) is 29.6 Å². The summed E-state index contributed by atoms with van der Waals surface area (Å²) in [5.41, 5.74) is 5.36. The Hall–Kier alpha value is -2.15. The minimum atomic E-state index is -0.982. The van der Waals surface area contributed by atoms with Gasteiger partial charge in [-0.15, -0.1) is 0 Å². The molecule has 0 aliphatic carbocycles. The molecule has 2 unspecified atom stereocenters. The summed E-state index contributed by atoms with van der Waals surface area (Å²) in [5.74, 6) is -2.27. The zero-order chi connectivity index (χ0) is 14.7. The Kier molecular flexibility index (Phi) is 4.19. The largest absolute Gasteiger partial charge is 0.479 e. The van der Waals surface area contributed by atoms with Crippen LogP contribution in [-0.2, 0) is 9.53 Å². The average Bonchev–Trinajstić information content (AvgIpc) is 2.86. The van der Waals surface area contributed by atoms with Crippen molar-refractivity contribution in [2.75, 3.05) is 11.9 Å². The predicted molar refractivity (Wildman–Crippen MR) is 68.9 cm³/mol. The van der Waals surface area contributed by atoms with Crippen LogP contribution in [0.1, 0.15) is 23.2 Å². The highest BCUT2D eigenvalue weighted by molar-refractivity contribution is 5.93. The van der Waals surface area contributed by atoms with Crippen LogP contribution in [0.5, 0.6) is 0 Å². The fraction of sp³-hybridized carbons (Fsp3) is 0.385. The van der Waals surface area contributed by atoms with Gasteiger partial charge in [0, 0.05) is 12.1 Å². The lowest BCUT2D eigenvalue weighted by atomic mass is 10.1. The second-order valence-corrected chi connectivity index (χ2v) is 4.60. The maximum atomic E-state index is 13.7. The standard InChI is InChI=1S/C13H15FN2O4/c14-9-5-7(12(15)17)1-3-10(9)16-6-8-2-4-11(20-8)13(18)19/h1,3,5,8,11,16H,2,4,6H2,(H2,15,17)(H,18,19). The van der Waals surface area contributed by atoms with Crippen molar-refractivity contribution in [1.29, 1.82) is 0 Å². The van der Waals surface area contributed by atoms with Crippen molar-refractivity contribution < 1.29 is 23.8 Å². The van der Waals surface area contributed by atoms with Crippen LogP contribution in [0.25, 0.3) is 0 Å². The van der Waals surface area contributed by atoms with E-state index in [4.69, 9.17) is 15.6 Å². The first kappa shape index (κ1) is 14.3. The molecule has 2 atom stereocenters. The van der Waals surface area contributed by atoms with E-state index in [0.717, 1.165) is 6.07 Å². The van der Waals surface area contributed by atoms with E-state index in [1.54, 1.807) is 0 Å². The molecule has 0 saturated carbocycles. The molecule has 6 nitrogen and oxygen atoms in total. The van der Waals surface area contributed by atoms with Gasteiger partial charge in [0.25, 0.3) is 0 Å². The molecule has 7 heteroatoms. The van der Waals surface area contributed by atoms with E-state index in [1.807, 2.05) is 0 Å². The molecule has 20 heavy (non-hydrogen) atoms. The smallest absolute Gasteiger partial charge is 0.332 e. The van der Waals surface area contributed by atoms with Gasteiger partial charge in [-0.1, -0.05) is 0 Å². The number of carboxylic acid groups (broad SMARTS) is 1. The number of primary amides is 1. The first-order valence-electron chi connectivity index (χ1n) is 6.19. The molecule has 1 aromatic rings. The number of anilines is 1. The monoisotopic (exact) mass is 282 g/mol. The third-order valence-corrected chi connectivity index (χ3v) is 3.16. The number of carbonyl (C=O) groups is 2. The van der Waals surface area contributed by atoms with E-state index in [0.29, 0.717) is 19.4 Å². The summed E-state index contributed by atoms with van der Waals surface area (Å²) >= 11 is 0. The Labute approximate surface area is 114 Å². The fourth-order valence-corrected chi connectivity index (χ4v) is 2.07. The van der Waals surface area contributed by atoms with Crippen LogP contribution in [0, 0.1) is 5.82 Å². The molecule has 0 aromatic heterocycles. The fourth-order valence-electron chi connectivity index (χ4n) is 2.07. The van der Waals surface area contributed by atoms with Crippen LogP contribution in [-0.4, -0.2) is 35.7 Å². The van der Waals surface area contributed by atoms with Crippen LogP contribution in [0.2, 0.25) is 0 Å². The highest BCUT2D eigenvalue weighted by atomic mass is 19.1. The number of carbonyl (C=O) groups excluding carboxylic acids is 1. The molecule has 1 aliphatic rings. The Bertz CT molecular complexity index is 535. The van der Waals surface area contributed by atoms with Gasteiger partial charge in [-0.2, -0.15) is 0 Å². The van der Waals surface area contributed by atoms with Gasteiger partial charge in [0.1, 0.15) is 5.82 Å². The van der Waals surface area contributed by atoms with Crippen molar-refractivity contribution in [2.24, 2.45) is 5.73 Å². The molecule has 0 spiro atoms. The van der Waals surface area contributed by atoms with Crippen LogP contribution in [0.3, 0.4) is 0 Å². The lowest BCUT2D eigenvalue weighted by molar-refractivity contribution is -0.149. The van der Waals surface area contributed by atoms with Crippen molar-refractivity contribution in [3.63, 3.8) is 0 Å². The van der Waals surface area contributed by atoms with Gasteiger partial charge in [0.15, 0.2) is 6.10 Å². The molecule has 4 N–H and O–H groups in total. The Morgan fingerprint density at radius 1 is 1.45 bits per heavy atom. The zero-order valence-electron chi connectivity index (χ0n) is 10.6. The molecular formula is C13H15FN2O4. The molecule has 0 radical (unpaired) electrons. The molecule has 1 aliphatic heterocycles. The zero-order valence-corrected chi connectivity index (χ0v) is 10.6. The van der Waals surface area contributed by atoms with Crippen molar-refractivity contribution in [3.8, 4) is 0 Å². The Balaban J connectivity index is 1.92. The van der Waals surface area contributed by atoms with Crippen molar-refractivity contribution >= 4 is 17.6 Å². The normalized spacial score (nSPS) is 21.6. The Morgan fingerprint density at radius 2 is 2.20 bits per heavy atom. The topological polar surface area (TPSA) is 102 Å². The van der Waals surface area contributed by atoms with Crippen LogP contribution < -0.4 is 11.1 Å². The Morgan fingerprint density at radius 3 is 2.75 bits per heavy atom. The number of amides is 1. The number of halogens is 1. The molecule has 1 heterocycles. The molecule has 108 valence electrons. The van der Waals surface area contributed by atoms with Crippen molar-refractivity contribution in [1.82, 2.24) is 0 Å². The first-order valence-corrected chi connectivity index (χ1v) is 6.19. The van der Waals surface area contributed by atoms with E-state index in [2.05, 4.69) is 5.32 Å². The number of benzene rings is 1. The molecule has 0 bridgehead atoms. The number of hydrogen-bond donors (Lipinski definition) is 3. The average molecular weight is 282 g/mol. The lowest BCUT2D eigenvalue weighted by Crippen LogP contribution is -2.24. The summed E-state index contributed by atoms with van der Waals surface area (Å²) in [7, 11) is 0. The third kappa shape index (κ3) is 3.24. The molecule has 1 fully saturated rings. The summed E-state index contributed by atoms with van der Waals surface area (Å²) in [6.07, 6.45) is -0.00868. The van der Waals surface area contributed by atoms with Crippen LogP contribution in [0.4, 0.5) is 10.1 Å². The second kappa shape index (κ2) is 5.87. The van der Waals surface area contributed by atoms with E-state index in [-0.39, 0.29) is 17.4 Å². The lowest BCUT2D eigenvalue weighted by Gasteiger charge is -2.14.